The number of thiophene rings is 1. The highest BCUT2D eigenvalue weighted by Gasteiger charge is 2.33. The third-order valence-electron chi connectivity index (χ3n) is 5.50. The van der Waals surface area contributed by atoms with Crippen LogP contribution >= 0.6 is 11.3 Å². The molecule has 0 bridgehead atoms. The van der Waals surface area contributed by atoms with Crippen LogP contribution in [0.2, 0.25) is 0 Å². The number of ether oxygens (including phenoxy) is 1. The minimum atomic E-state index is -0.644. The number of carbonyl (C=O) groups is 3. The van der Waals surface area contributed by atoms with Crippen LogP contribution in [0, 0.1) is 19.8 Å². The summed E-state index contributed by atoms with van der Waals surface area (Å²) in [7, 11) is 1.33. The summed E-state index contributed by atoms with van der Waals surface area (Å²) in [5.41, 5.74) is 2.22. The monoisotopic (exact) mass is 432 g/mol. The number of hydrogen-bond acceptors (Lipinski definition) is 5. The molecule has 0 saturated heterocycles. The minimum absolute atomic E-state index is 0.134. The normalized spacial score (nSPS) is 12.1. The topological polar surface area (TPSA) is 68.6 Å². The highest BCUT2D eigenvalue weighted by Crippen LogP contribution is 2.26. The number of Topliss-reactive ketones (excluding diaryl/α,β-unsaturated/α-hetero) is 1. The fourth-order valence-corrected chi connectivity index (χ4v) is 4.45. The first-order chi connectivity index (χ1) is 14.1. The Hall–Kier alpha value is -2.41. The quantitative estimate of drug-likeness (QED) is 0.424. The Labute approximate surface area is 182 Å². The molecule has 0 aliphatic carbocycles. The molecule has 2 rings (SSSR count). The predicted octanol–water partition coefficient (Wildman–Crippen LogP) is 4.73. The molecule has 0 N–H and O–H groups in total. The number of amides is 1. The van der Waals surface area contributed by atoms with Gasteiger partial charge >= 0.3 is 5.97 Å². The lowest BCUT2D eigenvalue weighted by atomic mass is 9.99. The van der Waals surface area contributed by atoms with E-state index < -0.39 is 12.0 Å². The van der Waals surface area contributed by atoms with E-state index in [1.54, 1.807) is 29.4 Å². The summed E-state index contributed by atoms with van der Waals surface area (Å²) in [5.74, 6) is -0.349. The molecule has 0 aliphatic heterocycles. The second-order valence-electron chi connectivity index (χ2n) is 7.87. The van der Waals surface area contributed by atoms with Gasteiger partial charge in [0.25, 0.3) is 5.91 Å². The van der Waals surface area contributed by atoms with Crippen molar-refractivity contribution >= 4 is 29.0 Å². The van der Waals surface area contributed by atoms with E-state index in [4.69, 9.17) is 4.74 Å². The van der Waals surface area contributed by atoms with Gasteiger partial charge in [0, 0.05) is 24.3 Å². The maximum Gasteiger partial charge on any atom is 0.354 e. The molecule has 7 heteroatoms. The molecule has 0 saturated carbocycles. The van der Waals surface area contributed by atoms with Crippen molar-refractivity contribution in [3.63, 3.8) is 0 Å². The number of nitrogens with zero attached hydrogens (tertiary/aromatic N) is 2. The van der Waals surface area contributed by atoms with Gasteiger partial charge in [-0.15, -0.1) is 11.3 Å². The van der Waals surface area contributed by atoms with Gasteiger partial charge in [-0.3, -0.25) is 9.59 Å². The Bertz CT molecular complexity index is 912. The van der Waals surface area contributed by atoms with Crippen LogP contribution in [0.15, 0.2) is 17.5 Å². The summed E-state index contributed by atoms with van der Waals surface area (Å²) in [4.78, 5) is 41.3. The zero-order valence-corrected chi connectivity index (χ0v) is 19.8. The zero-order valence-electron chi connectivity index (χ0n) is 18.9. The van der Waals surface area contributed by atoms with Gasteiger partial charge in [-0.1, -0.05) is 19.9 Å². The van der Waals surface area contributed by atoms with E-state index in [0.29, 0.717) is 40.7 Å². The average Bonchev–Trinajstić information content (AvgIpc) is 3.32. The lowest BCUT2D eigenvalue weighted by Gasteiger charge is -2.29. The number of methoxy groups -OCH3 is 1. The van der Waals surface area contributed by atoms with Crippen molar-refractivity contribution in [3.8, 4) is 0 Å². The van der Waals surface area contributed by atoms with Crippen molar-refractivity contribution in [1.82, 2.24) is 9.47 Å². The van der Waals surface area contributed by atoms with Crippen molar-refractivity contribution in [2.45, 2.75) is 60.5 Å². The molecule has 1 atom stereocenters. The molecule has 0 aliphatic rings. The summed E-state index contributed by atoms with van der Waals surface area (Å²) in [6.45, 7) is 12.5. The van der Waals surface area contributed by atoms with E-state index >= 15 is 0 Å². The van der Waals surface area contributed by atoms with Crippen molar-refractivity contribution in [3.05, 3.63) is 44.9 Å². The van der Waals surface area contributed by atoms with Crippen LogP contribution in [-0.2, 0) is 11.3 Å². The van der Waals surface area contributed by atoms with E-state index in [2.05, 4.69) is 13.8 Å². The molecule has 164 valence electrons. The van der Waals surface area contributed by atoms with Crippen LogP contribution in [0.1, 0.15) is 75.9 Å². The van der Waals surface area contributed by atoms with Gasteiger partial charge in [0.1, 0.15) is 5.69 Å². The Morgan fingerprint density at radius 2 is 1.87 bits per heavy atom. The highest BCUT2D eigenvalue weighted by molar-refractivity contribution is 7.12. The Balaban J connectivity index is 2.47. The predicted molar refractivity (Wildman–Crippen MR) is 120 cm³/mol. The number of ketones is 1. The van der Waals surface area contributed by atoms with Crippen LogP contribution in [0.4, 0.5) is 0 Å². The smallest absolute Gasteiger partial charge is 0.354 e. The molecule has 30 heavy (non-hydrogen) atoms. The number of hydrogen-bond donors (Lipinski definition) is 0. The zero-order chi connectivity index (χ0) is 22.6. The van der Waals surface area contributed by atoms with Gasteiger partial charge in [0.15, 0.2) is 5.78 Å². The molecule has 0 spiro atoms. The Morgan fingerprint density at radius 3 is 2.37 bits per heavy atom. The van der Waals surface area contributed by atoms with Gasteiger partial charge in [0.05, 0.1) is 18.0 Å². The molecule has 0 aromatic carbocycles. The van der Waals surface area contributed by atoms with Crippen molar-refractivity contribution in [2.75, 3.05) is 13.7 Å². The molecule has 0 fully saturated rings. The first-order valence-corrected chi connectivity index (χ1v) is 11.2. The van der Waals surface area contributed by atoms with E-state index in [9.17, 15) is 14.4 Å². The Kier molecular flexibility index (Phi) is 8.01. The second-order valence-corrected chi connectivity index (χ2v) is 8.82. The maximum absolute atomic E-state index is 13.6. The van der Waals surface area contributed by atoms with Crippen LogP contribution in [0.3, 0.4) is 0 Å². The molecule has 1 unspecified atom stereocenters. The fourth-order valence-electron chi connectivity index (χ4n) is 3.77. The molecule has 6 nitrogen and oxygen atoms in total. The summed E-state index contributed by atoms with van der Waals surface area (Å²) >= 11 is 1.37. The number of rotatable bonds is 9. The minimum Gasteiger partial charge on any atom is -0.464 e. The van der Waals surface area contributed by atoms with E-state index in [0.717, 1.165) is 12.1 Å². The lowest BCUT2D eigenvalue weighted by molar-refractivity contribution is 0.0586. The van der Waals surface area contributed by atoms with Crippen molar-refractivity contribution in [2.24, 2.45) is 5.92 Å². The number of carbonyl (C=O) groups excluding carboxylic acids is 3. The molecule has 2 aromatic rings. The third kappa shape index (κ3) is 4.67. The van der Waals surface area contributed by atoms with Gasteiger partial charge < -0.3 is 14.2 Å². The van der Waals surface area contributed by atoms with E-state index in [1.807, 2.05) is 25.3 Å². The largest absolute Gasteiger partial charge is 0.464 e. The summed E-state index contributed by atoms with van der Waals surface area (Å²) in [5, 5.41) is 1.86. The molecular weight excluding hydrogens is 400 g/mol. The van der Waals surface area contributed by atoms with Gasteiger partial charge in [-0.2, -0.15) is 0 Å². The first kappa shape index (κ1) is 23.9. The standard InChI is InChI=1S/C23H32N2O4S/c1-8-24-16(5)19(15(4)20(24)23(28)29-7)21(26)17(6)25(12-11-14(2)3)22(27)18-10-9-13-30-18/h9-10,13-14,17H,8,11-12H2,1-7H3. The summed E-state index contributed by atoms with van der Waals surface area (Å²) < 4.78 is 6.74. The van der Waals surface area contributed by atoms with Crippen LogP contribution in [-0.4, -0.2) is 46.8 Å². The molecule has 2 aromatic heterocycles. The van der Waals surface area contributed by atoms with Crippen molar-refractivity contribution < 1.29 is 19.1 Å². The lowest BCUT2D eigenvalue weighted by Crippen LogP contribution is -2.44. The van der Waals surface area contributed by atoms with E-state index in [-0.39, 0.29) is 11.7 Å². The molecule has 0 radical (unpaired) electrons. The third-order valence-corrected chi connectivity index (χ3v) is 6.35. The highest BCUT2D eigenvalue weighted by atomic mass is 32.1. The summed E-state index contributed by atoms with van der Waals surface area (Å²) in [6.07, 6.45) is 0.802. The number of esters is 1. The molecule has 2 heterocycles. The van der Waals surface area contributed by atoms with Gasteiger partial charge in [0.2, 0.25) is 0 Å². The van der Waals surface area contributed by atoms with Crippen molar-refractivity contribution in [1.29, 1.82) is 0 Å². The molecular formula is C23H32N2O4S. The van der Waals surface area contributed by atoms with Crippen LogP contribution in [0.5, 0.6) is 0 Å². The van der Waals surface area contributed by atoms with Gasteiger partial charge in [-0.25, -0.2) is 4.79 Å². The first-order valence-electron chi connectivity index (χ1n) is 10.3. The van der Waals surface area contributed by atoms with Crippen LogP contribution in [0.25, 0.3) is 0 Å². The number of aromatic nitrogens is 1. The summed E-state index contributed by atoms with van der Waals surface area (Å²) in [6, 6.07) is 2.98. The molecule has 1 amide bonds. The maximum atomic E-state index is 13.6. The Morgan fingerprint density at radius 1 is 1.20 bits per heavy atom. The SMILES string of the molecule is CCn1c(C)c(C(=O)C(C)N(CCC(C)C)C(=O)c2cccs2)c(C)c1C(=O)OC. The fraction of sp³-hybridized carbons (Fsp3) is 0.522. The van der Waals surface area contributed by atoms with Gasteiger partial charge in [-0.05, 0) is 57.0 Å². The van der Waals surface area contributed by atoms with Crippen LogP contribution < -0.4 is 0 Å². The van der Waals surface area contributed by atoms with E-state index in [1.165, 1.54) is 18.4 Å². The average molecular weight is 433 g/mol. The second kappa shape index (κ2) is 10.1.